The van der Waals surface area contributed by atoms with Crippen molar-refractivity contribution in [1.82, 2.24) is 15.3 Å². The van der Waals surface area contributed by atoms with E-state index in [0.29, 0.717) is 16.8 Å². The van der Waals surface area contributed by atoms with E-state index < -0.39 is 36.7 Å². The molecule has 2 heterocycles. The predicted octanol–water partition coefficient (Wildman–Crippen LogP) is 1.47. The first-order chi connectivity index (χ1) is 15.4. The van der Waals surface area contributed by atoms with Crippen molar-refractivity contribution in [1.29, 1.82) is 0 Å². The fourth-order valence-electron chi connectivity index (χ4n) is 3.19. The van der Waals surface area contributed by atoms with Gasteiger partial charge in [0.1, 0.15) is 17.4 Å². The zero-order chi connectivity index (χ0) is 22.7. The lowest BCUT2D eigenvalue weighted by Crippen LogP contribution is -2.47. The number of carbonyl (C=O) groups is 2. The fourth-order valence-corrected chi connectivity index (χ4v) is 3.19. The van der Waals surface area contributed by atoms with E-state index in [2.05, 4.69) is 20.6 Å². The average molecular weight is 436 g/mol. The number of anilines is 1. The summed E-state index contributed by atoms with van der Waals surface area (Å²) in [6.07, 6.45) is 0. The molecule has 0 radical (unpaired) electrons. The molecule has 10 heteroatoms. The van der Waals surface area contributed by atoms with Crippen molar-refractivity contribution in [2.45, 2.75) is 13.0 Å². The number of aliphatic hydroxyl groups is 1. The first kappa shape index (κ1) is 21.1. The number of amides is 2. The SMILES string of the molecule is Cc1cc(=O)oc2cc(OCC(=O)NC(CO)C(=O)Nc3nc4ccccc4[nH]3)ccc12. The summed E-state index contributed by atoms with van der Waals surface area (Å²) >= 11 is 0. The highest BCUT2D eigenvalue weighted by Crippen LogP contribution is 2.22. The number of benzene rings is 2. The summed E-state index contributed by atoms with van der Waals surface area (Å²) in [6.45, 7) is 0.771. The topological polar surface area (TPSA) is 147 Å². The Hall–Kier alpha value is -4.18. The number of aromatic nitrogens is 2. The van der Waals surface area contributed by atoms with Gasteiger partial charge in [-0.05, 0) is 36.8 Å². The van der Waals surface area contributed by atoms with Gasteiger partial charge in [-0.25, -0.2) is 9.78 Å². The van der Waals surface area contributed by atoms with Crippen LogP contribution in [-0.4, -0.2) is 46.1 Å². The van der Waals surface area contributed by atoms with E-state index in [9.17, 15) is 19.5 Å². The van der Waals surface area contributed by atoms with E-state index >= 15 is 0 Å². The van der Waals surface area contributed by atoms with Gasteiger partial charge in [-0.2, -0.15) is 0 Å². The maximum atomic E-state index is 12.4. The number of fused-ring (bicyclic) bond motifs is 2. The van der Waals surface area contributed by atoms with E-state index in [1.807, 2.05) is 12.1 Å². The summed E-state index contributed by atoms with van der Waals surface area (Å²) in [7, 11) is 0. The van der Waals surface area contributed by atoms with Crippen LogP contribution in [-0.2, 0) is 9.59 Å². The largest absolute Gasteiger partial charge is 0.484 e. The van der Waals surface area contributed by atoms with E-state index in [1.165, 1.54) is 12.1 Å². The molecule has 0 bridgehead atoms. The van der Waals surface area contributed by atoms with Crippen LogP contribution in [0, 0.1) is 6.92 Å². The minimum absolute atomic E-state index is 0.202. The number of hydrogen-bond donors (Lipinski definition) is 4. The van der Waals surface area contributed by atoms with Gasteiger partial charge in [0.25, 0.3) is 11.8 Å². The average Bonchev–Trinajstić information content (AvgIpc) is 3.17. The number of aliphatic hydroxyl groups excluding tert-OH is 1. The highest BCUT2D eigenvalue weighted by Gasteiger charge is 2.21. The molecule has 1 atom stereocenters. The first-order valence-electron chi connectivity index (χ1n) is 9.76. The predicted molar refractivity (Wildman–Crippen MR) is 116 cm³/mol. The summed E-state index contributed by atoms with van der Waals surface area (Å²) in [4.78, 5) is 43.3. The smallest absolute Gasteiger partial charge is 0.336 e. The van der Waals surface area contributed by atoms with Crippen LogP contribution in [0.4, 0.5) is 5.95 Å². The Morgan fingerprint density at radius 3 is 2.81 bits per heavy atom. The highest BCUT2D eigenvalue weighted by atomic mass is 16.5. The van der Waals surface area contributed by atoms with Gasteiger partial charge < -0.3 is 24.6 Å². The molecule has 0 aliphatic carbocycles. The Bertz CT molecular complexity index is 1330. The lowest BCUT2D eigenvalue weighted by Gasteiger charge is -2.15. The van der Waals surface area contributed by atoms with Crippen LogP contribution in [0.25, 0.3) is 22.0 Å². The third kappa shape index (κ3) is 4.60. The molecule has 164 valence electrons. The summed E-state index contributed by atoms with van der Waals surface area (Å²) < 4.78 is 10.6. The monoisotopic (exact) mass is 436 g/mol. The zero-order valence-corrected chi connectivity index (χ0v) is 17.0. The van der Waals surface area contributed by atoms with Crippen molar-refractivity contribution < 1.29 is 23.8 Å². The molecule has 0 spiro atoms. The van der Waals surface area contributed by atoms with Gasteiger partial charge in [0, 0.05) is 17.5 Å². The van der Waals surface area contributed by atoms with Gasteiger partial charge in [0.15, 0.2) is 6.61 Å². The van der Waals surface area contributed by atoms with Gasteiger partial charge in [0.2, 0.25) is 5.95 Å². The van der Waals surface area contributed by atoms with Crippen LogP contribution >= 0.6 is 0 Å². The molecule has 0 aliphatic rings. The molecule has 4 N–H and O–H groups in total. The molecule has 32 heavy (non-hydrogen) atoms. The van der Waals surface area contributed by atoms with Crippen LogP contribution in [0.2, 0.25) is 0 Å². The molecule has 0 aliphatic heterocycles. The molecule has 2 aromatic heterocycles. The molecular formula is C22H20N4O6. The number of carbonyl (C=O) groups excluding carboxylic acids is 2. The van der Waals surface area contributed by atoms with E-state index in [4.69, 9.17) is 9.15 Å². The van der Waals surface area contributed by atoms with Crippen LogP contribution in [0.1, 0.15) is 5.56 Å². The van der Waals surface area contributed by atoms with Gasteiger partial charge in [0.05, 0.1) is 17.6 Å². The third-order valence-corrected chi connectivity index (χ3v) is 4.76. The number of aromatic amines is 1. The van der Waals surface area contributed by atoms with Gasteiger partial charge >= 0.3 is 5.63 Å². The Morgan fingerprint density at radius 1 is 1.22 bits per heavy atom. The summed E-state index contributed by atoms with van der Waals surface area (Å²) in [6, 6.07) is 12.3. The normalized spacial score (nSPS) is 11.9. The van der Waals surface area contributed by atoms with Crippen molar-refractivity contribution in [2.24, 2.45) is 0 Å². The van der Waals surface area contributed by atoms with Gasteiger partial charge in [-0.3, -0.25) is 14.9 Å². The lowest BCUT2D eigenvalue weighted by molar-refractivity contribution is -0.128. The zero-order valence-electron chi connectivity index (χ0n) is 17.0. The standard InChI is InChI=1S/C22H20N4O6/c1-12-8-20(29)32-18-9-13(6-7-14(12)18)31-11-19(28)23-17(10-27)21(30)26-22-24-15-4-2-3-5-16(15)25-22/h2-9,17,27H,10-11H2,1H3,(H,23,28)(H2,24,25,26,30). The van der Waals surface area contributed by atoms with Crippen LogP contribution < -0.4 is 21.0 Å². The minimum atomic E-state index is -1.20. The molecular weight excluding hydrogens is 416 g/mol. The van der Waals surface area contributed by atoms with Gasteiger partial charge in [-0.1, -0.05) is 12.1 Å². The quantitative estimate of drug-likeness (QED) is 0.321. The number of H-pyrrole nitrogens is 1. The van der Waals surface area contributed by atoms with Crippen molar-refractivity contribution in [3.05, 3.63) is 64.5 Å². The van der Waals surface area contributed by atoms with Crippen molar-refractivity contribution >= 4 is 39.8 Å². The second-order valence-electron chi connectivity index (χ2n) is 7.09. The second-order valence-corrected chi connectivity index (χ2v) is 7.09. The summed E-state index contributed by atoms with van der Waals surface area (Å²) in [5.41, 5.74) is 2.03. The minimum Gasteiger partial charge on any atom is -0.484 e. The number of ether oxygens (including phenoxy) is 1. The lowest BCUT2D eigenvalue weighted by atomic mass is 10.1. The summed E-state index contributed by atoms with van der Waals surface area (Å²) in [5, 5.41) is 15.2. The van der Waals surface area contributed by atoms with Gasteiger partial charge in [-0.15, -0.1) is 0 Å². The highest BCUT2D eigenvalue weighted by molar-refractivity contribution is 5.97. The molecule has 1 unspecified atom stereocenters. The molecule has 4 aromatic rings. The van der Waals surface area contributed by atoms with Crippen molar-refractivity contribution in [3.63, 3.8) is 0 Å². The molecule has 4 rings (SSSR count). The van der Waals surface area contributed by atoms with Crippen LogP contribution in [0.3, 0.4) is 0 Å². The maximum Gasteiger partial charge on any atom is 0.336 e. The number of nitrogens with one attached hydrogen (secondary N) is 3. The van der Waals surface area contributed by atoms with E-state index in [0.717, 1.165) is 16.5 Å². The second kappa shape index (κ2) is 8.90. The molecule has 0 saturated heterocycles. The van der Waals surface area contributed by atoms with E-state index in [1.54, 1.807) is 31.2 Å². The summed E-state index contributed by atoms with van der Waals surface area (Å²) in [5.74, 6) is -0.737. The maximum absolute atomic E-state index is 12.4. The van der Waals surface area contributed by atoms with Crippen molar-refractivity contribution in [3.8, 4) is 5.75 Å². The molecule has 2 amide bonds. The number of nitrogens with zero attached hydrogens (tertiary/aromatic N) is 1. The van der Waals surface area contributed by atoms with Crippen molar-refractivity contribution in [2.75, 3.05) is 18.5 Å². The first-order valence-corrected chi connectivity index (χ1v) is 9.76. The third-order valence-electron chi connectivity index (χ3n) is 4.76. The molecule has 0 fully saturated rings. The van der Waals surface area contributed by atoms with Crippen LogP contribution in [0.5, 0.6) is 5.75 Å². The molecule has 0 saturated carbocycles. The molecule has 2 aromatic carbocycles. The number of aryl methyl sites for hydroxylation is 1. The number of hydrogen-bond acceptors (Lipinski definition) is 7. The molecule has 10 nitrogen and oxygen atoms in total. The Labute approximate surface area is 181 Å². The Balaban J connectivity index is 1.36. The fraction of sp³-hybridized carbons (Fsp3) is 0.182. The number of rotatable bonds is 7. The number of imidazole rings is 1. The van der Waals surface area contributed by atoms with E-state index in [-0.39, 0.29) is 5.95 Å². The number of para-hydroxylation sites is 2. The Morgan fingerprint density at radius 2 is 2.03 bits per heavy atom. The van der Waals surface area contributed by atoms with Crippen LogP contribution in [0.15, 0.2) is 57.7 Å². The Kier molecular flexibility index (Phi) is 5.86.